The second-order valence-electron chi connectivity index (χ2n) is 8.15. The molecule has 1 atom stereocenters. The Bertz CT molecular complexity index is 1170. The molecule has 2 amide bonds. The van der Waals surface area contributed by atoms with Crippen molar-refractivity contribution < 1.29 is 22.8 Å². The predicted molar refractivity (Wildman–Crippen MR) is 119 cm³/mol. The Morgan fingerprint density at radius 3 is 2.25 bits per heavy atom. The summed E-state index contributed by atoms with van der Waals surface area (Å²) in [6.45, 7) is 4.53. The van der Waals surface area contributed by atoms with Gasteiger partial charge in [0.2, 0.25) is 15.9 Å². The maximum Gasteiger partial charge on any atom is 0.251 e. The molecule has 0 aromatic heterocycles. The summed E-state index contributed by atoms with van der Waals surface area (Å²) in [6, 6.07) is 12.6. The molecule has 2 heterocycles. The average molecular weight is 456 g/mol. The van der Waals surface area contributed by atoms with E-state index in [0.29, 0.717) is 24.3 Å². The third-order valence-electron chi connectivity index (χ3n) is 6.01. The van der Waals surface area contributed by atoms with Crippen LogP contribution in [0.4, 0.5) is 5.69 Å². The molecule has 0 aliphatic carbocycles. The minimum atomic E-state index is -3.60. The predicted octanol–water partition coefficient (Wildman–Crippen LogP) is 1.84. The SMILES string of the molecule is CC(=O)c1cccc(N2C(=O)CC(N3CCN(S(=O)(=O)c4ccc(C)cc4)CC3)C2=O)c1. The van der Waals surface area contributed by atoms with E-state index in [1.54, 1.807) is 48.5 Å². The molecule has 0 saturated carbocycles. The molecule has 2 saturated heterocycles. The Kier molecular flexibility index (Phi) is 5.98. The Morgan fingerprint density at radius 2 is 1.62 bits per heavy atom. The van der Waals surface area contributed by atoms with Crippen molar-refractivity contribution in [3.8, 4) is 0 Å². The number of anilines is 1. The van der Waals surface area contributed by atoms with E-state index in [2.05, 4.69) is 0 Å². The molecule has 0 spiro atoms. The van der Waals surface area contributed by atoms with Gasteiger partial charge >= 0.3 is 0 Å². The molecule has 2 aromatic carbocycles. The van der Waals surface area contributed by atoms with Crippen LogP contribution < -0.4 is 4.90 Å². The molecule has 9 heteroatoms. The molecule has 2 aromatic rings. The summed E-state index contributed by atoms with van der Waals surface area (Å²) >= 11 is 0. The van der Waals surface area contributed by atoms with E-state index in [9.17, 15) is 22.8 Å². The number of imide groups is 1. The number of carbonyl (C=O) groups is 3. The lowest BCUT2D eigenvalue weighted by molar-refractivity contribution is -0.123. The van der Waals surface area contributed by atoms with Crippen molar-refractivity contribution in [3.63, 3.8) is 0 Å². The zero-order chi connectivity index (χ0) is 23.0. The summed E-state index contributed by atoms with van der Waals surface area (Å²) < 4.78 is 27.3. The first-order valence-electron chi connectivity index (χ1n) is 10.5. The van der Waals surface area contributed by atoms with Gasteiger partial charge in [-0.15, -0.1) is 0 Å². The smallest absolute Gasteiger partial charge is 0.251 e. The van der Waals surface area contributed by atoms with Crippen LogP contribution in [0.2, 0.25) is 0 Å². The van der Waals surface area contributed by atoms with Crippen LogP contribution in [0.3, 0.4) is 0 Å². The molecular formula is C23H25N3O5S. The number of carbonyl (C=O) groups excluding carboxylic acids is 3. The highest BCUT2D eigenvalue weighted by Gasteiger charge is 2.44. The van der Waals surface area contributed by atoms with E-state index in [-0.39, 0.29) is 42.0 Å². The third kappa shape index (κ3) is 4.11. The van der Waals surface area contributed by atoms with Gasteiger partial charge in [0.1, 0.15) is 0 Å². The minimum Gasteiger partial charge on any atom is -0.295 e. The number of ketones is 1. The fraction of sp³-hybridized carbons (Fsp3) is 0.348. The van der Waals surface area contributed by atoms with Gasteiger partial charge in [-0.3, -0.25) is 19.3 Å². The lowest BCUT2D eigenvalue weighted by Crippen LogP contribution is -2.53. The highest BCUT2D eigenvalue weighted by atomic mass is 32.2. The van der Waals surface area contributed by atoms with E-state index >= 15 is 0 Å². The summed E-state index contributed by atoms with van der Waals surface area (Å²) in [5.41, 5.74) is 1.80. The fourth-order valence-electron chi connectivity index (χ4n) is 4.15. The van der Waals surface area contributed by atoms with Gasteiger partial charge < -0.3 is 0 Å². The van der Waals surface area contributed by atoms with Crippen molar-refractivity contribution in [1.82, 2.24) is 9.21 Å². The normalized spacial score (nSPS) is 20.7. The van der Waals surface area contributed by atoms with Gasteiger partial charge in [0.15, 0.2) is 5.78 Å². The molecule has 8 nitrogen and oxygen atoms in total. The summed E-state index contributed by atoms with van der Waals surface area (Å²) in [6.07, 6.45) is 0.0356. The Hall–Kier alpha value is -2.88. The topological polar surface area (TPSA) is 95.1 Å². The Labute approximate surface area is 187 Å². The van der Waals surface area contributed by atoms with Gasteiger partial charge in [-0.25, -0.2) is 13.3 Å². The number of sulfonamides is 1. The van der Waals surface area contributed by atoms with Gasteiger partial charge in [0.25, 0.3) is 5.91 Å². The average Bonchev–Trinajstić information content (AvgIpc) is 3.08. The summed E-state index contributed by atoms with van der Waals surface area (Å²) in [7, 11) is -3.60. The maximum atomic E-state index is 13.1. The monoisotopic (exact) mass is 455 g/mol. The molecule has 0 N–H and O–H groups in total. The quantitative estimate of drug-likeness (QED) is 0.504. The van der Waals surface area contributed by atoms with Crippen LogP contribution in [-0.2, 0) is 19.6 Å². The lowest BCUT2D eigenvalue weighted by Gasteiger charge is -2.36. The number of nitrogens with zero attached hydrogens (tertiary/aromatic N) is 3. The number of hydrogen-bond acceptors (Lipinski definition) is 6. The Balaban J connectivity index is 1.46. The molecular weight excluding hydrogens is 430 g/mol. The number of hydrogen-bond donors (Lipinski definition) is 0. The molecule has 2 aliphatic rings. The number of Topliss-reactive ketones (excluding diaryl/α,β-unsaturated/α-hetero) is 1. The highest BCUT2D eigenvalue weighted by Crippen LogP contribution is 2.28. The molecule has 32 heavy (non-hydrogen) atoms. The van der Waals surface area contributed by atoms with Crippen LogP contribution in [0.25, 0.3) is 0 Å². The number of amides is 2. The van der Waals surface area contributed by atoms with Gasteiger partial charge in [0, 0.05) is 31.7 Å². The van der Waals surface area contributed by atoms with E-state index in [0.717, 1.165) is 10.5 Å². The lowest BCUT2D eigenvalue weighted by atomic mass is 10.1. The fourth-order valence-corrected chi connectivity index (χ4v) is 5.57. The van der Waals surface area contributed by atoms with Gasteiger partial charge in [-0.1, -0.05) is 29.8 Å². The van der Waals surface area contributed by atoms with Gasteiger partial charge in [0.05, 0.1) is 23.0 Å². The van der Waals surface area contributed by atoms with Gasteiger partial charge in [-0.2, -0.15) is 4.31 Å². The highest BCUT2D eigenvalue weighted by molar-refractivity contribution is 7.89. The number of aryl methyl sites for hydroxylation is 1. The molecule has 4 rings (SSSR count). The number of benzene rings is 2. The third-order valence-corrected chi connectivity index (χ3v) is 7.92. The van der Waals surface area contributed by atoms with Gasteiger partial charge in [-0.05, 0) is 38.1 Å². The molecule has 2 fully saturated rings. The number of rotatable bonds is 5. The summed E-state index contributed by atoms with van der Waals surface area (Å²) in [5, 5.41) is 0. The number of piperazine rings is 1. The van der Waals surface area contributed by atoms with Crippen molar-refractivity contribution in [1.29, 1.82) is 0 Å². The van der Waals surface area contributed by atoms with Crippen LogP contribution in [0.1, 0.15) is 29.3 Å². The minimum absolute atomic E-state index is 0.0356. The molecule has 1 unspecified atom stereocenters. The van der Waals surface area contributed by atoms with Crippen molar-refractivity contribution in [2.45, 2.75) is 31.2 Å². The second kappa shape index (κ2) is 8.57. The first-order chi connectivity index (χ1) is 15.2. The van der Waals surface area contributed by atoms with Crippen molar-refractivity contribution in [2.75, 3.05) is 31.1 Å². The zero-order valence-corrected chi connectivity index (χ0v) is 18.8. The van der Waals surface area contributed by atoms with Crippen LogP contribution in [0, 0.1) is 6.92 Å². The Morgan fingerprint density at radius 1 is 0.969 bits per heavy atom. The maximum absolute atomic E-state index is 13.1. The second-order valence-corrected chi connectivity index (χ2v) is 10.1. The van der Waals surface area contributed by atoms with Crippen LogP contribution in [-0.4, -0.2) is 67.4 Å². The summed E-state index contributed by atoms with van der Waals surface area (Å²) in [4.78, 5) is 40.6. The zero-order valence-electron chi connectivity index (χ0n) is 18.0. The van der Waals surface area contributed by atoms with Crippen molar-refractivity contribution in [3.05, 3.63) is 59.7 Å². The van der Waals surface area contributed by atoms with Crippen molar-refractivity contribution >= 4 is 33.3 Å². The first-order valence-corrected chi connectivity index (χ1v) is 11.9. The molecule has 0 radical (unpaired) electrons. The first kappa shape index (κ1) is 22.3. The van der Waals surface area contributed by atoms with Crippen LogP contribution in [0.15, 0.2) is 53.4 Å². The van der Waals surface area contributed by atoms with E-state index in [4.69, 9.17) is 0 Å². The standard InChI is InChI=1S/C23H25N3O5S/c1-16-6-8-20(9-7-16)32(30,31)25-12-10-24(11-13-25)21-15-22(28)26(23(21)29)19-5-3-4-18(14-19)17(2)27/h3-9,14,21H,10-13,15H2,1-2H3. The van der Waals surface area contributed by atoms with Crippen LogP contribution in [0.5, 0.6) is 0 Å². The summed E-state index contributed by atoms with van der Waals surface area (Å²) in [5.74, 6) is -0.811. The largest absolute Gasteiger partial charge is 0.295 e. The van der Waals surface area contributed by atoms with E-state index in [1.165, 1.54) is 11.2 Å². The molecule has 168 valence electrons. The van der Waals surface area contributed by atoms with E-state index < -0.39 is 16.1 Å². The van der Waals surface area contributed by atoms with Crippen molar-refractivity contribution in [2.24, 2.45) is 0 Å². The molecule has 2 aliphatic heterocycles. The molecule has 0 bridgehead atoms. The van der Waals surface area contributed by atoms with E-state index in [1.807, 2.05) is 11.8 Å². The van der Waals surface area contributed by atoms with Crippen LogP contribution >= 0.6 is 0 Å².